The van der Waals surface area contributed by atoms with Gasteiger partial charge < -0.3 is 10.1 Å². The van der Waals surface area contributed by atoms with Crippen LogP contribution in [0, 0.1) is 0 Å². The van der Waals surface area contributed by atoms with E-state index in [4.69, 9.17) is 4.74 Å². The van der Waals surface area contributed by atoms with Gasteiger partial charge in [0.05, 0.1) is 6.04 Å². The van der Waals surface area contributed by atoms with Crippen LogP contribution in [-0.2, 0) is 9.53 Å². The molecule has 84 valence electrons. The lowest BCUT2D eigenvalue weighted by Gasteiger charge is -2.15. The molecule has 15 heavy (non-hydrogen) atoms. The topological polar surface area (TPSA) is 38.3 Å². The molecule has 3 nitrogen and oxygen atoms in total. The first-order chi connectivity index (χ1) is 7.27. The van der Waals surface area contributed by atoms with Crippen molar-refractivity contribution in [1.82, 2.24) is 5.32 Å². The summed E-state index contributed by atoms with van der Waals surface area (Å²) in [5, 5.41) is 4.97. The van der Waals surface area contributed by atoms with Crippen molar-refractivity contribution < 1.29 is 9.53 Å². The summed E-state index contributed by atoms with van der Waals surface area (Å²) in [4.78, 5) is 12.6. The smallest absolute Gasteiger partial charge is 0.246 e. The highest BCUT2D eigenvalue weighted by Gasteiger charge is 2.12. The Morgan fingerprint density at radius 2 is 2.40 bits per heavy atom. The highest BCUT2D eigenvalue weighted by Crippen LogP contribution is 2.21. The lowest BCUT2D eigenvalue weighted by molar-refractivity contribution is -0.126. The van der Waals surface area contributed by atoms with Crippen LogP contribution in [0.4, 0.5) is 0 Å². The van der Waals surface area contributed by atoms with Crippen LogP contribution < -0.4 is 5.32 Å². The third-order valence-electron chi connectivity index (χ3n) is 2.07. The standard InChI is InChI=1S/C11H17NO2S/c1-3-9(10-6-5-7-15-10)12-11(13)8-14-4-2/h5-7,9H,3-4,8H2,1-2H3,(H,12,13). The number of nitrogens with one attached hydrogen (secondary N) is 1. The molecule has 1 aromatic heterocycles. The molecule has 1 unspecified atom stereocenters. The lowest BCUT2D eigenvalue weighted by atomic mass is 10.2. The molecule has 1 amide bonds. The highest BCUT2D eigenvalue weighted by atomic mass is 32.1. The largest absolute Gasteiger partial charge is 0.372 e. The van der Waals surface area contributed by atoms with Crippen LogP contribution in [0.5, 0.6) is 0 Å². The van der Waals surface area contributed by atoms with E-state index in [0.29, 0.717) is 6.61 Å². The van der Waals surface area contributed by atoms with Crippen molar-refractivity contribution in [3.63, 3.8) is 0 Å². The molecule has 0 radical (unpaired) electrons. The van der Waals surface area contributed by atoms with Crippen LogP contribution >= 0.6 is 11.3 Å². The van der Waals surface area contributed by atoms with E-state index in [9.17, 15) is 4.79 Å². The zero-order valence-corrected chi connectivity index (χ0v) is 9.97. The molecule has 0 aliphatic carbocycles. The molecule has 4 heteroatoms. The van der Waals surface area contributed by atoms with Crippen molar-refractivity contribution in [2.24, 2.45) is 0 Å². The Hall–Kier alpha value is -0.870. The average Bonchev–Trinajstić information content (AvgIpc) is 2.76. The van der Waals surface area contributed by atoms with E-state index >= 15 is 0 Å². The third-order valence-corrected chi connectivity index (χ3v) is 3.05. The molecule has 1 rings (SSSR count). The number of thiophene rings is 1. The second kappa shape index (κ2) is 6.58. The van der Waals surface area contributed by atoms with Gasteiger partial charge in [-0.25, -0.2) is 0 Å². The number of carbonyl (C=O) groups excluding carboxylic acids is 1. The van der Waals surface area contributed by atoms with Crippen molar-refractivity contribution in [2.45, 2.75) is 26.3 Å². The Kier molecular flexibility index (Phi) is 5.36. The summed E-state index contributed by atoms with van der Waals surface area (Å²) in [6, 6.07) is 4.16. The first kappa shape index (κ1) is 12.2. The first-order valence-corrected chi connectivity index (χ1v) is 6.06. The molecule has 0 aromatic carbocycles. The van der Waals surface area contributed by atoms with Gasteiger partial charge >= 0.3 is 0 Å². The predicted molar refractivity (Wildman–Crippen MR) is 62.0 cm³/mol. The maximum Gasteiger partial charge on any atom is 0.246 e. The minimum absolute atomic E-state index is 0.0444. The normalized spacial score (nSPS) is 12.4. The Balaban J connectivity index is 2.44. The molecule has 0 saturated heterocycles. The van der Waals surface area contributed by atoms with Gasteiger partial charge in [0.2, 0.25) is 5.91 Å². The summed E-state index contributed by atoms with van der Waals surface area (Å²) in [5.41, 5.74) is 0. The van der Waals surface area contributed by atoms with Gasteiger partial charge in [0.15, 0.2) is 0 Å². The van der Waals surface area contributed by atoms with Crippen LogP contribution in [0.1, 0.15) is 31.2 Å². The summed E-state index contributed by atoms with van der Waals surface area (Å²) >= 11 is 1.67. The van der Waals surface area contributed by atoms with E-state index in [-0.39, 0.29) is 18.6 Å². The Morgan fingerprint density at radius 1 is 1.60 bits per heavy atom. The summed E-state index contributed by atoms with van der Waals surface area (Å²) < 4.78 is 5.05. The van der Waals surface area contributed by atoms with E-state index in [1.165, 1.54) is 4.88 Å². The average molecular weight is 227 g/mol. The maximum absolute atomic E-state index is 11.4. The van der Waals surface area contributed by atoms with Crippen molar-refractivity contribution >= 4 is 17.2 Å². The van der Waals surface area contributed by atoms with Gasteiger partial charge in [-0.2, -0.15) is 0 Å². The molecular formula is C11H17NO2S. The quantitative estimate of drug-likeness (QED) is 0.810. The van der Waals surface area contributed by atoms with Gasteiger partial charge in [0.1, 0.15) is 6.61 Å². The molecular weight excluding hydrogens is 210 g/mol. The van der Waals surface area contributed by atoms with Gasteiger partial charge in [-0.1, -0.05) is 13.0 Å². The Labute approximate surface area is 94.5 Å². The molecule has 1 heterocycles. The van der Waals surface area contributed by atoms with Crippen LogP contribution in [-0.4, -0.2) is 19.1 Å². The van der Waals surface area contributed by atoms with E-state index in [1.807, 2.05) is 24.4 Å². The highest BCUT2D eigenvalue weighted by molar-refractivity contribution is 7.10. The number of carbonyl (C=O) groups is 1. The van der Waals surface area contributed by atoms with Gasteiger partial charge in [0.25, 0.3) is 0 Å². The number of amides is 1. The lowest BCUT2D eigenvalue weighted by Crippen LogP contribution is -2.30. The van der Waals surface area contributed by atoms with Crippen LogP contribution in [0.15, 0.2) is 17.5 Å². The van der Waals surface area contributed by atoms with Gasteiger partial charge in [-0.15, -0.1) is 11.3 Å². The number of hydrogen-bond acceptors (Lipinski definition) is 3. The number of hydrogen-bond donors (Lipinski definition) is 1. The third kappa shape index (κ3) is 4.01. The molecule has 1 N–H and O–H groups in total. The molecule has 0 aliphatic rings. The van der Waals surface area contributed by atoms with Crippen molar-refractivity contribution in [3.05, 3.63) is 22.4 Å². The summed E-state index contributed by atoms with van der Waals surface area (Å²) in [5.74, 6) is -0.0444. The van der Waals surface area contributed by atoms with Crippen molar-refractivity contribution in [2.75, 3.05) is 13.2 Å². The summed E-state index contributed by atoms with van der Waals surface area (Å²) in [6.45, 7) is 4.66. The fourth-order valence-electron chi connectivity index (χ4n) is 1.29. The van der Waals surface area contributed by atoms with E-state index in [0.717, 1.165) is 6.42 Å². The number of ether oxygens (including phenoxy) is 1. The fourth-order valence-corrected chi connectivity index (χ4v) is 2.16. The Morgan fingerprint density at radius 3 is 2.93 bits per heavy atom. The molecule has 0 saturated carbocycles. The predicted octanol–water partition coefficient (Wildman–Crippen LogP) is 2.35. The first-order valence-electron chi connectivity index (χ1n) is 5.18. The van der Waals surface area contributed by atoms with Crippen LogP contribution in [0.3, 0.4) is 0 Å². The SMILES string of the molecule is CCOCC(=O)NC(CC)c1cccs1. The van der Waals surface area contributed by atoms with Gasteiger partial charge in [-0.3, -0.25) is 4.79 Å². The second-order valence-corrected chi connectivity index (χ2v) is 4.16. The van der Waals surface area contributed by atoms with Gasteiger partial charge in [-0.05, 0) is 24.8 Å². The minimum Gasteiger partial charge on any atom is -0.372 e. The monoisotopic (exact) mass is 227 g/mol. The summed E-state index contributed by atoms with van der Waals surface area (Å²) in [6.07, 6.45) is 0.901. The second-order valence-electron chi connectivity index (χ2n) is 3.18. The van der Waals surface area contributed by atoms with Crippen molar-refractivity contribution in [1.29, 1.82) is 0 Å². The number of rotatable bonds is 6. The molecule has 0 fully saturated rings. The molecule has 1 aromatic rings. The van der Waals surface area contributed by atoms with Crippen LogP contribution in [0.25, 0.3) is 0 Å². The minimum atomic E-state index is -0.0444. The van der Waals surface area contributed by atoms with E-state index in [1.54, 1.807) is 11.3 Å². The molecule has 0 spiro atoms. The van der Waals surface area contributed by atoms with Crippen LogP contribution in [0.2, 0.25) is 0 Å². The summed E-state index contributed by atoms with van der Waals surface area (Å²) in [7, 11) is 0. The molecule has 0 aliphatic heterocycles. The van der Waals surface area contributed by atoms with E-state index < -0.39 is 0 Å². The fraction of sp³-hybridized carbons (Fsp3) is 0.545. The van der Waals surface area contributed by atoms with Gasteiger partial charge in [0, 0.05) is 11.5 Å². The molecule has 1 atom stereocenters. The Bertz CT molecular complexity index is 285. The van der Waals surface area contributed by atoms with Crippen molar-refractivity contribution in [3.8, 4) is 0 Å². The molecule has 0 bridgehead atoms. The zero-order chi connectivity index (χ0) is 11.1. The zero-order valence-electron chi connectivity index (χ0n) is 9.16. The maximum atomic E-state index is 11.4. The van der Waals surface area contributed by atoms with E-state index in [2.05, 4.69) is 12.2 Å².